The SMILES string of the molecule is CC(c1ccc(Cl)cc1Cl)N(C)CC(=O)c1cccn1C. The van der Waals surface area contributed by atoms with Gasteiger partial charge in [-0.1, -0.05) is 29.3 Å². The highest BCUT2D eigenvalue weighted by molar-refractivity contribution is 6.35. The molecule has 0 fully saturated rings. The van der Waals surface area contributed by atoms with Crippen molar-refractivity contribution >= 4 is 29.0 Å². The smallest absolute Gasteiger partial charge is 0.193 e. The number of nitrogens with zero attached hydrogens (tertiary/aromatic N) is 2. The minimum absolute atomic E-state index is 0.0268. The summed E-state index contributed by atoms with van der Waals surface area (Å²) < 4.78 is 1.83. The Hall–Kier alpha value is -1.29. The van der Waals surface area contributed by atoms with E-state index in [2.05, 4.69) is 0 Å². The number of likely N-dealkylation sites (N-methyl/N-ethyl adjacent to an activating group) is 1. The molecule has 0 amide bonds. The van der Waals surface area contributed by atoms with Crippen LogP contribution in [0.4, 0.5) is 0 Å². The Morgan fingerprint density at radius 1 is 1.33 bits per heavy atom. The zero-order chi connectivity index (χ0) is 15.6. The van der Waals surface area contributed by atoms with Crippen molar-refractivity contribution in [3.8, 4) is 0 Å². The summed E-state index contributed by atoms with van der Waals surface area (Å²) in [6, 6.07) is 9.16. The Balaban J connectivity index is 2.11. The minimum Gasteiger partial charge on any atom is -0.348 e. The third-order valence-electron chi connectivity index (χ3n) is 3.70. The van der Waals surface area contributed by atoms with Crippen molar-refractivity contribution in [1.29, 1.82) is 0 Å². The Kier molecular flexibility index (Phi) is 5.09. The molecule has 0 aliphatic carbocycles. The first-order valence-corrected chi connectivity index (χ1v) is 7.45. The lowest BCUT2D eigenvalue weighted by Crippen LogP contribution is -2.29. The molecule has 1 unspecified atom stereocenters. The molecule has 0 aliphatic rings. The lowest BCUT2D eigenvalue weighted by Gasteiger charge is -2.25. The Labute approximate surface area is 135 Å². The van der Waals surface area contributed by atoms with E-state index in [0.29, 0.717) is 22.3 Å². The van der Waals surface area contributed by atoms with E-state index in [1.807, 2.05) is 60.9 Å². The first kappa shape index (κ1) is 16.1. The van der Waals surface area contributed by atoms with E-state index in [1.54, 1.807) is 6.07 Å². The molecule has 21 heavy (non-hydrogen) atoms. The molecule has 0 N–H and O–H groups in total. The number of Topliss-reactive ketones (excluding diaryl/α,β-unsaturated/α-hetero) is 1. The van der Waals surface area contributed by atoms with Gasteiger partial charge in [-0.2, -0.15) is 0 Å². The fourth-order valence-corrected chi connectivity index (χ4v) is 2.84. The average molecular weight is 325 g/mol. The molecule has 0 bridgehead atoms. The summed E-state index contributed by atoms with van der Waals surface area (Å²) in [5.41, 5.74) is 1.67. The molecule has 0 saturated carbocycles. The summed E-state index contributed by atoms with van der Waals surface area (Å²) >= 11 is 12.1. The van der Waals surface area contributed by atoms with Crippen LogP contribution in [0.2, 0.25) is 10.0 Å². The number of carbonyl (C=O) groups is 1. The highest BCUT2D eigenvalue weighted by Crippen LogP contribution is 2.29. The molecule has 112 valence electrons. The van der Waals surface area contributed by atoms with Crippen LogP contribution in [0.25, 0.3) is 0 Å². The highest BCUT2D eigenvalue weighted by Gasteiger charge is 2.19. The van der Waals surface area contributed by atoms with Crippen molar-refractivity contribution in [2.45, 2.75) is 13.0 Å². The number of rotatable bonds is 5. The Morgan fingerprint density at radius 2 is 2.05 bits per heavy atom. The molecule has 5 heteroatoms. The maximum absolute atomic E-state index is 12.3. The molecule has 0 saturated heterocycles. The number of hydrogen-bond donors (Lipinski definition) is 0. The first-order valence-electron chi connectivity index (χ1n) is 6.70. The van der Waals surface area contributed by atoms with Crippen LogP contribution in [0.15, 0.2) is 36.5 Å². The molecule has 3 nitrogen and oxygen atoms in total. The standard InChI is InChI=1S/C16H18Cl2N2O/c1-11(13-7-6-12(17)9-14(13)18)20(3)10-16(21)15-5-4-8-19(15)2/h4-9,11H,10H2,1-3H3. The molecule has 0 radical (unpaired) electrons. The van der Waals surface area contributed by atoms with Crippen molar-refractivity contribution in [2.75, 3.05) is 13.6 Å². The van der Waals surface area contributed by atoms with Crippen molar-refractivity contribution in [2.24, 2.45) is 7.05 Å². The Bertz CT molecular complexity index is 651. The van der Waals surface area contributed by atoms with Gasteiger partial charge in [0.1, 0.15) is 0 Å². The van der Waals surface area contributed by atoms with Crippen LogP contribution in [-0.4, -0.2) is 28.8 Å². The van der Waals surface area contributed by atoms with Crippen LogP contribution < -0.4 is 0 Å². The van der Waals surface area contributed by atoms with E-state index in [-0.39, 0.29) is 11.8 Å². The van der Waals surface area contributed by atoms with Gasteiger partial charge in [0.25, 0.3) is 0 Å². The molecule has 1 heterocycles. The molecule has 2 rings (SSSR count). The molecule has 2 aromatic rings. The fourth-order valence-electron chi connectivity index (χ4n) is 2.27. The van der Waals surface area contributed by atoms with Crippen LogP contribution in [0.1, 0.15) is 29.0 Å². The van der Waals surface area contributed by atoms with Gasteiger partial charge in [0.15, 0.2) is 5.78 Å². The number of ketones is 1. The second-order valence-electron chi connectivity index (χ2n) is 5.18. The monoisotopic (exact) mass is 324 g/mol. The second-order valence-corrected chi connectivity index (χ2v) is 6.03. The van der Waals surface area contributed by atoms with E-state index in [4.69, 9.17) is 23.2 Å². The van der Waals surface area contributed by atoms with Gasteiger partial charge in [-0.25, -0.2) is 0 Å². The fraction of sp³-hybridized carbons (Fsp3) is 0.312. The van der Waals surface area contributed by atoms with Crippen molar-refractivity contribution < 1.29 is 4.79 Å². The van der Waals surface area contributed by atoms with Gasteiger partial charge in [-0.15, -0.1) is 0 Å². The highest BCUT2D eigenvalue weighted by atomic mass is 35.5. The largest absolute Gasteiger partial charge is 0.348 e. The zero-order valence-electron chi connectivity index (χ0n) is 12.3. The van der Waals surface area contributed by atoms with E-state index in [0.717, 1.165) is 5.56 Å². The zero-order valence-corrected chi connectivity index (χ0v) is 13.8. The number of aryl methyl sites for hydroxylation is 1. The first-order chi connectivity index (χ1) is 9.90. The molecular formula is C16H18Cl2N2O. The van der Waals surface area contributed by atoms with Crippen molar-refractivity contribution in [3.63, 3.8) is 0 Å². The Morgan fingerprint density at radius 3 is 2.62 bits per heavy atom. The number of carbonyl (C=O) groups excluding carboxylic acids is 1. The molecule has 0 aliphatic heterocycles. The van der Waals surface area contributed by atoms with Crippen molar-refractivity contribution in [1.82, 2.24) is 9.47 Å². The summed E-state index contributed by atoms with van der Waals surface area (Å²) in [6.45, 7) is 2.35. The van der Waals surface area contributed by atoms with Gasteiger partial charge >= 0.3 is 0 Å². The van der Waals surface area contributed by atoms with Gasteiger partial charge in [-0.3, -0.25) is 9.69 Å². The molecule has 1 atom stereocenters. The van der Waals surface area contributed by atoms with E-state index < -0.39 is 0 Å². The summed E-state index contributed by atoms with van der Waals surface area (Å²) in [5.74, 6) is 0.0851. The molecule has 0 spiro atoms. The van der Waals surface area contributed by atoms with E-state index in [9.17, 15) is 4.79 Å². The van der Waals surface area contributed by atoms with Gasteiger partial charge in [-0.05, 0) is 43.8 Å². The van der Waals surface area contributed by atoms with E-state index in [1.165, 1.54) is 0 Å². The summed E-state index contributed by atoms with van der Waals surface area (Å²) in [4.78, 5) is 14.3. The second kappa shape index (κ2) is 6.65. The predicted octanol–water partition coefficient (Wildman–Crippen LogP) is 4.21. The lowest BCUT2D eigenvalue weighted by atomic mass is 10.1. The van der Waals surface area contributed by atoms with Gasteiger partial charge in [0.2, 0.25) is 0 Å². The van der Waals surface area contributed by atoms with Crippen LogP contribution in [0.5, 0.6) is 0 Å². The van der Waals surface area contributed by atoms with Gasteiger partial charge in [0, 0.05) is 29.3 Å². The molecular weight excluding hydrogens is 307 g/mol. The third kappa shape index (κ3) is 3.67. The number of hydrogen-bond acceptors (Lipinski definition) is 2. The third-order valence-corrected chi connectivity index (χ3v) is 4.26. The predicted molar refractivity (Wildman–Crippen MR) is 87.3 cm³/mol. The summed E-state index contributed by atoms with van der Waals surface area (Å²) in [6.07, 6.45) is 1.87. The number of benzene rings is 1. The number of halogens is 2. The van der Waals surface area contributed by atoms with E-state index >= 15 is 0 Å². The van der Waals surface area contributed by atoms with Gasteiger partial charge < -0.3 is 4.57 Å². The average Bonchev–Trinajstić information content (AvgIpc) is 2.84. The normalized spacial score (nSPS) is 12.7. The molecule has 1 aromatic carbocycles. The van der Waals surface area contributed by atoms with Crippen LogP contribution in [0.3, 0.4) is 0 Å². The van der Waals surface area contributed by atoms with Crippen LogP contribution in [0, 0.1) is 0 Å². The molecule has 1 aromatic heterocycles. The van der Waals surface area contributed by atoms with Crippen molar-refractivity contribution in [3.05, 3.63) is 57.8 Å². The number of aromatic nitrogens is 1. The topological polar surface area (TPSA) is 25.2 Å². The van der Waals surface area contributed by atoms with Crippen LogP contribution in [-0.2, 0) is 7.05 Å². The summed E-state index contributed by atoms with van der Waals surface area (Å²) in [5, 5.41) is 1.23. The maximum atomic E-state index is 12.3. The lowest BCUT2D eigenvalue weighted by molar-refractivity contribution is 0.0916. The quantitative estimate of drug-likeness (QED) is 0.770. The minimum atomic E-state index is 0.0268. The summed E-state index contributed by atoms with van der Waals surface area (Å²) in [7, 11) is 3.78. The van der Waals surface area contributed by atoms with Crippen LogP contribution >= 0.6 is 23.2 Å². The van der Waals surface area contributed by atoms with Gasteiger partial charge in [0.05, 0.1) is 12.2 Å². The maximum Gasteiger partial charge on any atom is 0.193 e.